The smallest absolute Gasteiger partial charge is 0.0490 e. The highest BCUT2D eigenvalue weighted by atomic mass is 16.3. The third kappa shape index (κ3) is 1.31. The second kappa shape index (κ2) is 3.25. The largest absolute Gasteiger partial charge is 0.396 e. The number of rotatable bonds is 2. The van der Waals surface area contributed by atoms with E-state index in [1.807, 2.05) is 0 Å². The van der Waals surface area contributed by atoms with Crippen molar-refractivity contribution in [1.29, 1.82) is 0 Å². The molecule has 2 nitrogen and oxygen atoms in total. The van der Waals surface area contributed by atoms with Gasteiger partial charge in [-0.1, -0.05) is 6.92 Å². The fourth-order valence-electron chi connectivity index (χ4n) is 3.54. The maximum atomic E-state index is 9.39. The fourth-order valence-corrected chi connectivity index (χ4v) is 3.54. The Morgan fingerprint density at radius 3 is 2.69 bits per heavy atom. The second-order valence-corrected chi connectivity index (χ2v) is 5.13. The van der Waals surface area contributed by atoms with E-state index >= 15 is 0 Å². The lowest BCUT2D eigenvalue weighted by Gasteiger charge is -2.58. The molecule has 0 amide bonds. The molecule has 0 spiro atoms. The topological polar surface area (TPSA) is 40.5 Å². The Morgan fingerprint density at radius 2 is 2.15 bits per heavy atom. The van der Waals surface area contributed by atoms with E-state index in [4.69, 9.17) is 5.11 Å². The van der Waals surface area contributed by atoms with Gasteiger partial charge in [-0.2, -0.15) is 0 Å². The summed E-state index contributed by atoms with van der Waals surface area (Å²) in [6.07, 6.45) is 4.58. The molecular weight excluding hydrogens is 164 g/mol. The molecule has 2 heteroatoms. The van der Waals surface area contributed by atoms with Crippen LogP contribution in [0.5, 0.6) is 0 Å². The van der Waals surface area contributed by atoms with E-state index in [0.717, 1.165) is 25.2 Å². The van der Waals surface area contributed by atoms with Gasteiger partial charge in [-0.05, 0) is 48.9 Å². The second-order valence-electron chi connectivity index (χ2n) is 5.13. The van der Waals surface area contributed by atoms with Crippen molar-refractivity contribution < 1.29 is 10.2 Å². The lowest BCUT2D eigenvalue weighted by Crippen LogP contribution is -2.53. The average Bonchev–Trinajstić information content (AvgIpc) is 2.16. The Balaban J connectivity index is 2.02. The molecule has 2 aliphatic carbocycles. The van der Waals surface area contributed by atoms with Crippen molar-refractivity contribution in [3.05, 3.63) is 0 Å². The van der Waals surface area contributed by atoms with Crippen LogP contribution < -0.4 is 0 Å². The minimum atomic E-state index is 0.255. The zero-order chi connectivity index (χ0) is 9.47. The van der Waals surface area contributed by atoms with Gasteiger partial charge in [-0.3, -0.25) is 0 Å². The van der Waals surface area contributed by atoms with Crippen LogP contribution in [0.3, 0.4) is 0 Å². The summed E-state index contributed by atoms with van der Waals surface area (Å²) in [6, 6.07) is 0. The summed E-state index contributed by atoms with van der Waals surface area (Å²) in [4.78, 5) is 0. The molecule has 0 aliphatic heterocycles. The van der Waals surface area contributed by atoms with Crippen molar-refractivity contribution in [2.75, 3.05) is 13.2 Å². The number of aliphatic hydroxyl groups is 2. The van der Waals surface area contributed by atoms with Crippen LogP contribution in [0.25, 0.3) is 0 Å². The van der Waals surface area contributed by atoms with Gasteiger partial charge in [-0.25, -0.2) is 0 Å². The van der Waals surface area contributed by atoms with Crippen molar-refractivity contribution in [2.24, 2.45) is 23.2 Å². The third-order valence-corrected chi connectivity index (χ3v) is 4.41. The Kier molecular flexibility index (Phi) is 2.37. The van der Waals surface area contributed by atoms with E-state index in [9.17, 15) is 5.11 Å². The normalized spacial score (nSPS) is 49.6. The first-order valence-corrected chi connectivity index (χ1v) is 5.43. The van der Waals surface area contributed by atoms with Gasteiger partial charge in [0.1, 0.15) is 0 Å². The first-order valence-electron chi connectivity index (χ1n) is 5.43. The lowest BCUT2D eigenvalue weighted by atomic mass is 9.48. The van der Waals surface area contributed by atoms with Gasteiger partial charge in [0, 0.05) is 13.2 Å². The maximum Gasteiger partial charge on any atom is 0.0490 e. The van der Waals surface area contributed by atoms with Gasteiger partial charge in [0.2, 0.25) is 0 Å². The van der Waals surface area contributed by atoms with E-state index in [-0.39, 0.29) is 5.41 Å². The molecule has 2 N–H and O–H groups in total. The van der Waals surface area contributed by atoms with Gasteiger partial charge in [0.25, 0.3) is 0 Å². The molecule has 76 valence electrons. The molecule has 0 bridgehead atoms. The van der Waals surface area contributed by atoms with E-state index in [1.165, 1.54) is 6.42 Å². The molecule has 4 atom stereocenters. The Morgan fingerprint density at radius 1 is 1.38 bits per heavy atom. The zero-order valence-corrected chi connectivity index (χ0v) is 8.37. The molecule has 2 fully saturated rings. The van der Waals surface area contributed by atoms with Crippen LogP contribution in [-0.2, 0) is 0 Å². The van der Waals surface area contributed by atoms with Crippen LogP contribution in [0.4, 0.5) is 0 Å². The average molecular weight is 184 g/mol. The van der Waals surface area contributed by atoms with E-state index in [1.54, 1.807) is 0 Å². The van der Waals surface area contributed by atoms with Crippen molar-refractivity contribution in [3.8, 4) is 0 Å². The van der Waals surface area contributed by atoms with Gasteiger partial charge < -0.3 is 10.2 Å². The summed E-state index contributed by atoms with van der Waals surface area (Å²) in [5.74, 6) is 1.96. The van der Waals surface area contributed by atoms with Gasteiger partial charge in [-0.15, -0.1) is 0 Å². The molecule has 13 heavy (non-hydrogen) atoms. The van der Waals surface area contributed by atoms with Crippen molar-refractivity contribution >= 4 is 0 Å². The van der Waals surface area contributed by atoms with E-state index < -0.39 is 0 Å². The van der Waals surface area contributed by atoms with E-state index in [0.29, 0.717) is 25.0 Å². The van der Waals surface area contributed by atoms with Crippen LogP contribution in [0.1, 0.15) is 32.6 Å². The SMILES string of the molecule is CC1CC2(CO)CCC(CO)CC12. The molecule has 0 aromatic heterocycles. The number of hydrogen-bond donors (Lipinski definition) is 2. The first-order chi connectivity index (χ1) is 6.22. The molecule has 0 saturated heterocycles. The highest BCUT2D eigenvalue weighted by molar-refractivity contribution is 5.02. The minimum absolute atomic E-state index is 0.255. The maximum absolute atomic E-state index is 9.39. The predicted octanol–water partition coefficient (Wildman–Crippen LogP) is 1.41. The number of aliphatic hydroxyl groups excluding tert-OH is 2. The molecule has 0 heterocycles. The minimum Gasteiger partial charge on any atom is -0.396 e. The van der Waals surface area contributed by atoms with Crippen LogP contribution in [-0.4, -0.2) is 23.4 Å². The first kappa shape index (κ1) is 9.47. The molecule has 2 rings (SSSR count). The highest BCUT2D eigenvalue weighted by Gasteiger charge is 2.53. The summed E-state index contributed by atoms with van der Waals surface area (Å²) in [7, 11) is 0. The molecule has 4 unspecified atom stereocenters. The number of hydrogen-bond acceptors (Lipinski definition) is 2. The fraction of sp³-hybridized carbons (Fsp3) is 1.00. The molecule has 2 aliphatic rings. The van der Waals surface area contributed by atoms with Crippen molar-refractivity contribution in [2.45, 2.75) is 32.6 Å². The van der Waals surface area contributed by atoms with Crippen LogP contribution in [0, 0.1) is 23.2 Å². The van der Waals surface area contributed by atoms with Gasteiger partial charge >= 0.3 is 0 Å². The predicted molar refractivity (Wildman–Crippen MR) is 51.2 cm³/mol. The van der Waals surface area contributed by atoms with Crippen LogP contribution in [0.15, 0.2) is 0 Å². The molecule has 0 aromatic rings. The van der Waals surface area contributed by atoms with Crippen LogP contribution >= 0.6 is 0 Å². The molecule has 0 aromatic carbocycles. The summed E-state index contributed by atoms with van der Waals surface area (Å²) >= 11 is 0. The summed E-state index contributed by atoms with van der Waals surface area (Å²) in [5, 5.41) is 18.5. The molecular formula is C11H20O2. The van der Waals surface area contributed by atoms with Gasteiger partial charge in [0.05, 0.1) is 0 Å². The van der Waals surface area contributed by atoms with Crippen molar-refractivity contribution in [1.82, 2.24) is 0 Å². The Labute approximate surface area is 80.0 Å². The monoisotopic (exact) mass is 184 g/mol. The zero-order valence-electron chi connectivity index (χ0n) is 8.37. The van der Waals surface area contributed by atoms with Crippen molar-refractivity contribution in [3.63, 3.8) is 0 Å². The summed E-state index contributed by atoms with van der Waals surface area (Å²) < 4.78 is 0. The number of fused-ring (bicyclic) bond motifs is 1. The Bertz CT molecular complexity index is 193. The molecule has 0 radical (unpaired) electrons. The summed E-state index contributed by atoms with van der Waals surface area (Å²) in [5.41, 5.74) is 0.255. The molecule has 2 saturated carbocycles. The quantitative estimate of drug-likeness (QED) is 0.681. The summed E-state index contributed by atoms with van der Waals surface area (Å²) in [6.45, 7) is 2.98. The highest BCUT2D eigenvalue weighted by Crippen LogP contribution is 2.59. The standard InChI is InChI=1S/C11H20O2/c1-8-5-11(7-13)3-2-9(6-12)4-10(8)11/h8-10,12-13H,2-7H2,1H3. The Hall–Kier alpha value is -0.0800. The third-order valence-electron chi connectivity index (χ3n) is 4.41. The van der Waals surface area contributed by atoms with E-state index in [2.05, 4.69) is 6.92 Å². The van der Waals surface area contributed by atoms with Gasteiger partial charge in [0.15, 0.2) is 0 Å². The lowest BCUT2D eigenvalue weighted by molar-refractivity contribution is -0.121. The van der Waals surface area contributed by atoms with Crippen LogP contribution in [0.2, 0.25) is 0 Å².